The van der Waals surface area contributed by atoms with Crippen molar-refractivity contribution in [3.8, 4) is 5.75 Å². The van der Waals surface area contributed by atoms with Gasteiger partial charge < -0.3 is 14.9 Å². The van der Waals surface area contributed by atoms with Crippen LogP contribution in [0.5, 0.6) is 5.75 Å². The molecule has 1 N–H and O–H groups in total. The number of hydrogen-bond acceptors (Lipinski definition) is 5. The predicted molar refractivity (Wildman–Crippen MR) is 129 cm³/mol. The standard InChI is InChI=1S/C27H32N2O4/c1-17-7-10-19(11-8-17)23(30)33-29-22-16-27(14-13-26(22,5)25(27,3)4)24(31)28-20-15-18(2)9-12-21(20)32-6/h7-12,15H,13-14,16H2,1-6H3,(H,28,31)/b29-22-. The third-order valence-corrected chi connectivity index (χ3v) is 8.30. The molecule has 0 heterocycles. The summed E-state index contributed by atoms with van der Waals surface area (Å²) >= 11 is 0. The van der Waals surface area contributed by atoms with E-state index >= 15 is 0 Å². The van der Waals surface area contributed by atoms with Crippen molar-refractivity contribution in [1.29, 1.82) is 0 Å². The second-order valence-corrected chi connectivity index (χ2v) is 10.2. The molecule has 2 aromatic rings. The number of fused-ring (bicyclic) bond motifs is 2. The van der Waals surface area contributed by atoms with Gasteiger partial charge in [0.15, 0.2) is 0 Å². The van der Waals surface area contributed by atoms with E-state index in [0.717, 1.165) is 29.7 Å². The average Bonchev–Trinajstić information content (AvgIpc) is 3.09. The Bertz CT molecular complexity index is 1140. The summed E-state index contributed by atoms with van der Waals surface area (Å²) in [7, 11) is 1.60. The molecule has 2 aliphatic rings. The molecule has 0 aromatic heterocycles. The Kier molecular flexibility index (Phi) is 5.59. The fraction of sp³-hybridized carbons (Fsp3) is 0.444. The van der Waals surface area contributed by atoms with E-state index in [0.29, 0.717) is 23.4 Å². The maximum Gasteiger partial charge on any atom is 0.365 e. The molecule has 4 rings (SSSR count). The van der Waals surface area contributed by atoms with Crippen molar-refractivity contribution < 1.29 is 19.2 Å². The molecule has 0 radical (unpaired) electrons. The molecule has 2 bridgehead atoms. The molecule has 0 saturated heterocycles. The third kappa shape index (κ3) is 3.52. The summed E-state index contributed by atoms with van der Waals surface area (Å²) < 4.78 is 5.45. The first-order valence-corrected chi connectivity index (χ1v) is 11.4. The van der Waals surface area contributed by atoms with E-state index < -0.39 is 11.4 Å². The van der Waals surface area contributed by atoms with Crippen LogP contribution < -0.4 is 10.1 Å². The number of ether oxygens (including phenoxy) is 1. The van der Waals surface area contributed by atoms with Gasteiger partial charge in [0.1, 0.15) is 5.75 Å². The molecule has 6 nitrogen and oxygen atoms in total. The maximum absolute atomic E-state index is 13.7. The van der Waals surface area contributed by atoms with E-state index in [1.807, 2.05) is 44.2 Å². The molecule has 2 aromatic carbocycles. The number of nitrogens with zero attached hydrogens (tertiary/aromatic N) is 1. The average molecular weight is 449 g/mol. The fourth-order valence-corrected chi connectivity index (χ4v) is 5.52. The van der Waals surface area contributed by atoms with Crippen LogP contribution in [0.4, 0.5) is 5.69 Å². The van der Waals surface area contributed by atoms with Gasteiger partial charge in [-0.15, -0.1) is 0 Å². The van der Waals surface area contributed by atoms with Crippen molar-refractivity contribution in [2.75, 3.05) is 12.4 Å². The highest BCUT2D eigenvalue weighted by atomic mass is 16.7. The van der Waals surface area contributed by atoms with E-state index in [1.54, 1.807) is 19.2 Å². The van der Waals surface area contributed by atoms with E-state index in [2.05, 4.69) is 31.2 Å². The molecular formula is C27H32N2O4. The smallest absolute Gasteiger partial charge is 0.365 e. The quantitative estimate of drug-likeness (QED) is 0.472. The van der Waals surface area contributed by atoms with Gasteiger partial charge in [-0.05, 0) is 61.9 Å². The van der Waals surface area contributed by atoms with E-state index in [9.17, 15) is 9.59 Å². The van der Waals surface area contributed by atoms with Crippen LogP contribution in [-0.2, 0) is 9.63 Å². The Morgan fingerprint density at radius 2 is 1.64 bits per heavy atom. The molecule has 2 aliphatic carbocycles. The van der Waals surface area contributed by atoms with Crippen LogP contribution >= 0.6 is 0 Å². The van der Waals surface area contributed by atoms with Crippen molar-refractivity contribution in [3.05, 3.63) is 59.2 Å². The Morgan fingerprint density at radius 3 is 2.30 bits per heavy atom. The van der Waals surface area contributed by atoms with Crippen molar-refractivity contribution in [2.24, 2.45) is 21.4 Å². The first kappa shape index (κ1) is 23.0. The number of oxime groups is 1. The molecule has 6 heteroatoms. The number of benzene rings is 2. The number of aryl methyl sites for hydroxylation is 2. The van der Waals surface area contributed by atoms with Gasteiger partial charge >= 0.3 is 5.97 Å². The van der Waals surface area contributed by atoms with Crippen LogP contribution in [0, 0.1) is 30.1 Å². The van der Waals surface area contributed by atoms with E-state index in [4.69, 9.17) is 9.57 Å². The molecule has 2 saturated carbocycles. The maximum atomic E-state index is 13.7. The fourth-order valence-electron chi connectivity index (χ4n) is 5.52. The molecule has 0 aliphatic heterocycles. The van der Waals surface area contributed by atoms with Crippen molar-refractivity contribution in [3.63, 3.8) is 0 Å². The SMILES string of the molecule is COc1ccc(C)cc1NC(=O)C12CCC(C)(/C(=N\OC(=O)c3ccc(C)cc3)C1)C2(C)C. The zero-order valence-electron chi connectivity index (χ0n) is 20.2. The highest BCUT2D eigenvalue weighted by Gasteiger charge is 2.71. The predicted octanol–water partition coefficient (Wildman–Crippen LogP) is 5.68. The zero-order valence-corrected chi connectivity index (χ0v) is 20.2. The summed E-state index contributed by atoms with van der Waals surface area (Å²) in [4.78, 5) is 31.6. The molecule has 174 valence electrons. The van der Waals surface area contributed by atoms with Gasteiger partial charge in [0, 0.05) is 11.8 Å². The van der Waals surface area contributed by atoms with Crippen LogP contribution in [0.1, 0.15) is 61.5 Å². The zero-order chi connectivity index (χ0) is 24.0. The largest absolute Gasteiger partial charge is 0.495 e. The van der Waals surface area contributed by atoms with Crippen LogP contribution in [0.15, 0.2) is 47.6 Å². The van der Waals surface area contributed by atoms with Crippen LogP contribution in [0.3, 0.4) is 0 Å². The Morgan fingerprint density at radius 1 is 0.970 bits per heavy atom. The summed E-state index contributed by atoms with van der Waals surface area (Å²) in [6, 6.07) is 12.9. The van der Waals surface area contributed by atoms with Gasteiger partial charge in [0.2, 0.25) is 5.91 Å². The normalized spacial score (nSPS) is 26.3. The van der Waals surface area contributed by atoms with Gasteiger partial charge in [-0.25, -0.2) is 4.79 Å². The minimum Gasteiger partial charge on any atom is -0.495 e. The molecular weight excluding hydrogens is 416 g/mol. The second kappa shape index (κ2) is 8.01. The molecule has 1 amide bonds. The second-order valence-electron chi connectivity index (χ2n) is 10.2. The molecule has 2 fully saturated rings. The Labute approximate surface area is 195 Å². The minimum absolute atomic E-state index is 0.0461. The number of amides is 1. The van der Waals surface area contributed by atoms with Crippen molar-refractivity contribution in [2.45, 2.75) is 53.9 Å². The third-order valence-electron chi connectivity index (χ3n) is 8.30. The lowest BCUT2D eigenvalue weighted by Gasteiger charge is -2.39. The number of anilines is 1. The van der Waals surface area contributed by atoms with Crippen LogP contribution in [0.25, 0.3) is 0 Å². The van der Waals surface area contributed by atoms with Crippen LogP contribution in [0.2, 0.25) is 0 Å². The molecule has 0 spiro atoms. The minimum atomic E-state index is -0.647. The summed E-state index contributed by atoms with van der Waals surface area (Å²) in [6.07, 6.45) is 2.01. The molecule has 2 unspecified atom stereocenters. The van der Waals surface area contributed by atoms with Gasteiger partial charge in [-0.2, -0.15) is 0 Å². The highest BCUT2D eigenvalue weighted by Crippen LogP contribution is 2.71. The Balaban J connectivity index is 1.60. The summed E-state index contributed by atoms with van der Waals surface area (Å²) in [5.74, 6) is 0.0905. The summed E-state index contributed by atoms with van der Waals surface area (Å²) in [6.45, 7) is 10.3. The number of hydrogen-bond donors (Lipinski definition) is 1. The number of nitrogens with one attached hydrogen (secondary N) is 1. The van der Waals surface area contributed by atoms with Crippen molar-refractivity contribution >= 4 is 23.3 Å². The molecule has 2 atom stereocenters. The van der Waals surface area contributed by atoms with Gasteiger partial charge in [-0.3, -0.25) is 4.79 Å². The lowest BCUT2D eigenvalue weighted by atomic mass is 9.64. The van der Waals surface area contributed by atoms with Gasteiger partial charge in [-0.1, -0.05) is 49.7 Å². The number of rotatable bonds is 5. The first-order valence-electron chi connectivity index (χ1n) is 11.4. The van der Waals surface area contributed by atoms with Crippen molar-refractivity contribution in [1.82, 2.24) is 0 Å². The van der Waals surface area contributed by atoms with Gasteiger partial charge in [0.05, 0.1) is 29.5 Å². The van der Waals surface area contributed by atoms with E-state index in [1.165, 1.54) is 0 Å². The number of carbonyl (C=O) groups excluding carboxylic acids is 2. The van der Waals surface area contributed by atoms with Crippen LogP contribution in [-0.4, -0.2) is 24.7 Å². The Hall–Kier alpha value is -3.15. The lowest BCUT2D eigenvalue weighted by molar-refractivity contribution is -0.130. The first-order chi connectivity index (χ1) is 15.5. The monoisotopic (exact) mass is 448 g/mol. The topological polar surface area (TPSA) is 77.0 Å². The lowest BCUT2D eigenvalue weighted by Crippen LogP contribution is -2.43. The van der Waals surface area contributed by atoms with Gasteiger partial charge in [0.25, 0.3) is 0 Å². The van der Waals surface area contributed by atoms with E-state index in [-0.39, 0.29) is 16.7 Å². The number of carbonyl (C=O) groups is 2. The summed E-state index contributed by atoms with van der Waals surface area (Å²) in [5, 5.41) is 7.44. The highest BCUT2D eigenvalue weighted by molar-refractivity contribution is 6.07. The summed E-state index contributed by atoms with van der Waals surface area (Å²) in [5.41, 5.74) is 2.64. The number of methoxy groups -OCH3 is 1. The molecule has 33 heavy (non-hydrogen) atoms.